The van der Waals surface area contributed by atoms with Gasteiger partial charge in [0, 0.05) is 11.8 Å². The monoisotopic (exact) mass is 220 g/mol. The first-order valence-corrected chi connectivity index (χ1v) is 3.88. The Bertz CT molecular complexity index is 93.4. The fourth-order valence-corrected chi connectivity index (χ4v) is 0.731. The van der Waals surface area contributed by atoms with Gasteiger partial charge in [-0.25, -0.2) is 0 Å². The molecule has 1 N–H and O–H groups in total. The van der Waals surface area contributed by atoms with Crippen molar-refractivity contribution in [3.63, 3.8) is 0 Å². The number of aliphatic hydroxyl groups is 1. The number of aliphatic hydroxyl groups excluding tert-OH is 1. The minimum atomic E-state index is -4.15. The zero-order chi connectivity index (χ0) is 8.20. The zero-order valence-corrected chi connectivity index (χ0v) is 6.74. The third-order valence-electron chi connectivity index (χ3n) is 0.939. The van der Waals surface area contributed by atoms with Crippen LogP contribution in [-0.2, 0) is 0 Å². The number of alkyl halides is 4. The highest BCUT2D eigenvalue weighted by Gasteiger charge is 2.27. The largest absolute Gasteiger partial charge is 0.392 e. The molecule has 0 heterocycles. The molecule has 10 heavy (non-hydrogen) atoms. The van der Waals surface area contributed by atoms with Gasteiger partial charge in [0.2, 0.25) is 0 Å². The molecule has 0 aliphatic rings. The first-order valence-electron chi connectivity index (χ1n) is 2.76. The van der Waals surface area contributed by atoms with Gasteiger partial charge >= 0.3 is 6.18 Å². The second kappa shape index (κ2) is 4.18. The molecule has 0 saturated carbocycles. The molecule has 0 rings (SSSR count). The topological polar surface area (TPSA) is 20.2 Å². The summed E-state index contributed by atoms with van der Waals surface area (Å²) in [5, 5.41) is 8.87. The Kier molecular flexibility index (Phi) is 4.28. The Hall–Kier alpha value is 0.230. The molecule has 0 spiro atoms. The molecule has 62 valence electrons. The third kappa shape index (κ3) is 6.35. The van der Waals surface area contributed by atoms with Gasteiger partial charge in [-0.1, -0.05) is 15.9 Å². The number of hydrogen-bond acceptors (Lipinski definition) is 1. The average molecular weight is 221 g/mol. The SMILES string of the molecule is OC(CBr)CCC(F)(F)F. The molecule has 0 aromatic heterocycles. The van der Waals surface area contributed by atoms with Crippen LogP contribution >= 0.6 is 15.9 Å². The van der Waals surface area contributed by atoms with Crippen molar-refractivity contribution < 1.29 is 18.3 Å². The quantitative estimate of drug-likeness (QED) is 0.723. The molecular formula is C5H8BrF3O. The lowest BCUT2D eigenvalue weighted by Gasteiger charge is -2.08. The number of rotatable bonds is 3. The Morgan fingerprint density at radius 3 is 2.20 bits per heavy atom. The van der Waals surface area contributed by atoms with Gasteiger partial charge in [0.1, 0.15) is 0 Å². The van der Waals surface area contributed by atoms with Crippen molar-refractivity contribution in [1.82, 2.24) is 0 Å². The predicted molar refractivity (Wildman–Crippen MR) is 35.1 cm³/mol. The van der Waals surface area contributed by atoms with Gasteiger partial charge in [0.25, 0.3) is 0 Å². The summed E-state index contributed by atoms with van der Waals surface area (Å²) in [7, 11) is 0. The van der Waals surface area contributed by atoms with E-state index in [4.69, 9.17) is 5.11 Å². The van der Waals surface area contributed by atoms with Crippen LogP contribution in [0.5, 0.6) is 0 Å². The van der Waals surface area contributed by atoms with Gasteiger partial charge < -0.3 is 5.11 Å². The fraction of sp³-hybridized carbons (Fsp3) is 1.00. The fourth-order valence-electron chi connectivity index (χ4n) is 0.407. The van der Waals surface area contributed by atoms with Crippen LogP contribution in [0.25, 0.3) is 0 Å². The van der Waals surface area contributed by atoms with E-state index >= 15 is 0 Å². The van der Waals surface area contributed by atoms with E-state index < -0.39 is 18.7 Å². The van der Waals surface area contributed by atoms with E-state index in [-0.39, 0.29) is 11.8 Å². The molecule has 1 unspecified atom stereocenters. The maximum atomic E-state index is 11.4. The Morgan fingerprint density at radius 2 is 1.90 bits per heavy atom. The van der Waals surface area contributed by atoms with Crippen molar-refractivity contribution in [3.8, 4) is 0 Å². The summed E-state index contributed by atoms with van der Waals surface area (Å²) in [4.78, 5) is 0. The third-order valence-corrected chi connectivity index (χ3v) is 1.69. The van der Waals surface area contributed by atoms with E-state index in [2.05, 4.69) is 15.9 Å². The highest BCUT2D eigenvalue weighted by molar-refractivity contribution is 9.09. The molecule has 0 aromatic carbocycles. The van der Waals surface area contributed by atoms with Crippen molar-refractivity contribution in [2.75, 3.05) is 5.33 Å². The van der Waals surface area contributed by atoms with E-state index in [0.717, 1.165) is 0 Å². The molecule has 1 atom stereocenters. The Morgan fingerprint density at radius 1 is 1.40 bits per heavy atom. The van der Waals surface area contributed by atoms with Gasteiger partial charge in [-0.05, 0) is 6.42 Å². The van der Waals surface area contributed by atoms with Gasteiger partial charge in [-0.3, -0.25) is 0 Å². The normalized spacial score (nSPS) is 15.3. The summed E-state index contributed by atoms with van der Waals surface area (Å²) in [6.07, 6.45) is -6.18. The standard InChI is InChI=1S/C5H8BrF3O/c6-3-4(10)1-2-5(7,8)9/h4,10H,1-3H2. The second-order valence-electron chi connectivity index (χ2n) is 1.96. The lowest BCUT2D eigenvalue weighted by Crippen LogP contribution is -2.14. The summed E-state index contributed by atoms with van der Waals surface area (Å²) in [6, 6.07) is 0. The van der Waals surface area contributed by atoms with Gasteiger partial charge in [0.05, 0.1) is 6.10 Å². The summed E-state index contributed by atoms with van der Waals surface area (Å²) in [6.45, 7) is 0. The molecule has 0 aliphatic carbocycles. The summed E-state index contributed by atoms with van der Waals surface area (Å²) >= 11 is 2.87. The van der Waals surface area contributed by atoms with Crippen molar-refractivity contribution in [1.29, 1.82) is 0 Å². The molecule has 5 heteroatoms. The Labute approximate surface area is 65.4 Å². The van der Waals surface area contributed by atoms with Crippen molar-refractivity contribution in [2.24, 2.45) is 0 Å². The number of hydrogen-bond donors (Lipinski definition) is 1. The van der Waals surface area contributed by atoms with Crippen LogP contribution in [0, 0.1) is 0 Å². The van der Waals surface area contributed by atoms with Crippen molar-refractivity contribution >= 4 is 15.9 Å². The molecule has 0 aromatic rings. The van der Waals surface area contributed by atoms with E-state index in [1.165, 1.54) is 0 Å². The van der Waals surface area contributed by atoms with Crippen LogP contribution < -0.4 is 0 Å². The molecule has 1 nitrogen and oxygen atoms in total. The lowest BCUT2D eigenvalue weighted by molar-refractivity contribution is -0.139. The maximum absolute atomic E-state index is 11.4. The molecule has 0 saturated heterocycles. The maximum Gasteiger partial charge on any atom is 0.389 e. The molecule has 0 radical (unpaired) electrons. The van der Waals surface area contributed by atoms with Crippen LogP contribution in [0.3, 0.4) is 0 Å². The van der Waals surface area contributed by atoms with Crippen LogP contribution in [0.1, 0.15) is 12.8 Å². The summed E-state index contributed by atoms with van der Waals surface area (Å²) < 4.78 is 34.3. The minimum Gasteiger partial charge on any atom is -0.392 e. The highest BCUT2D eigenvalue weighted by atomic mass is 79.9. The number of halogens is 4. The first-order chi connectivity index (χ1) is 4.45. The molecule has 0 fully saturated rings. The lowest BCUT2D eigenvalue weighted by atomic mass is 10.2. The van der Waals surface area contributed by atoms with Gasteiger partial charge in [-0.15, -0.1) is 0 Å². The summed E-state index contributed by atoms with van der Waals surface area (Å²) in [5.74, 6) is 0. The molecule has 0 aliphatic heterocycles. The van der Waals surface area contributed by atoms with Crippen LogP contribution in [-0.4, -0.2) is 22.7 Å². The van der Waals surface area contributed by atoms with Crippen molar-refractivity contribution in [2.45, 2.75) is 25.1 Å². The van der Waals surface area contributed by atoms with Crippen molar-refractivity contribution in [3.05, 3.63) is 0 Å². The van der Waals surface area contributed by atoms with E-state index in [1.54, 1.807) is 0 Å². The molecule has 0 amide bonds. The van der Waals surface area contributed by atoms with Crippen LogP contribution in [0.15, 0.2) is 0 Å². The minimum absolute atomic E-state index is 0.198. The Balaban J connectivity index is 3.36. The highest BCUT2D eigenvalue weighted by Crippen LogP contribution is 2.22. The molecule has 0 bridgehead atoms. The predicted octanol–water partition coefficient (Wildman–Crippen LogP) is 2.08. The van der Waals surface area contributed by atoms with E-state index in [1.807, 2.05) is 0 Å². The molecular weight excluding hydrogens is 213 g/mol. The van der Waals surface area contributed by atoms with Gasteiger partial charge in [-0.2, -0.15) is 13.2 Å². The van der Waals surface area contributed by atoms with Crippen LogP contribution in [0.2, 0.25) is 0 Å². The van der Waals surface area contributed by atoms with E-state index in [0.29, 0.717) is 0 Å². The summed E-state index contributed by atoms with van der Waals surface area (Å²) in [5.41, 5.74) is 0. The second-order valence-corrected chi connectivity index (χ2v) is 2.61. The smallest absolute Gasteiger partial charge is 0.389 e. The first kappa shape index (κ1) is 10.2. The zero-order valence-electron chi connectivity index (χ0n) is 5.16. The van der Waals surface area contributed by atoms with E-state index in [9.17, 15) is 13.2 Å². The van der Waals surface area contributed by atoms with Crippen LogP contribution in [0.4, 0.5) is 13.2 Å². The average Bonchev–Trinajstić information content (AvgIpc) is 1.81. The van der Waals surface area contributed by atoms with Gasteiger partial charge in [0.15, 0.2) is 0 Å².